The Morgan fingerprint density at radius 3 is 2.42 bits per heavy atom. The highest BCUT2D eigenvalue weighted by molar-refractivity contribution is 8.18. The summed E-state index contributed by atoms with van der Waals surface area (Å²) in [6, 6.07) is 23.2. The van der Waals surface area contributed by atoms with Gasteiger partial charge in [-0.2, -0.15) is 0 Å². The lowest BCUT2D eigenvalue weighted by Crippen LogP contribution is -2.36. The van der Waals surface area contributed by atoms with E-state index < -0.39 is 17.1 Å². The van der Waals surface area contributed by atoms with Crippen LogP contribution < -0.4 is 19.9 Å². The number of morpholine rings is 1. The number of thioether (sulfide) groups is 1. The van der Waals surface area contributed by atoms with E-state index in [4.69, 9.17) is 9.47 Å². The average molecular weight is 601 g/mol. The van der Waals surface area contributed by atoms with Gasteiger partial charge in [0.1, 0.15) is 18.9 Å². The Kier molecular flexibility index (Phi) is 10.0. The maximum absolute atomic E-state index is 13.3. The number of amides is 3. The predicted molar refractivity (Wildman–Crippen MR) is 172 cm³/mol. The van der Waals surface area contributed by atoms with Gasteiger partial charge in [0.25, 0.3) is 11.1 Å². The van der Waals surface area contributed by atoms with Gasteiger partial charge in [-0.25, -0.2) is 0 Å². The van der Waals surface area contributed by atoms with E-state index in [1.54, 1.807) is 6.08 Å². The standard InChI is InChI=1S/C33H36N4O5S/c1-3-35(4-2)28-13-10-25(29(21-28)42-23-24-8-6-5-7-9-24)20-30-32(39)37(33(40)43-30)22-31(38)34-26-11-14-27(15-12-26)36-16-18-41-19-17-36/h5-15,20-21H,3-4,16-19,22-23H2,1-2H3,(H,34,38)/b30-20+. The molecule has 0 bridgehead atoms. The second kappa shape index (κ2) is 14.3. The first-order valence-electron chi connectivity index (χ1n) is 14.5. The highest BCUT2D eigenvalue weighted by Gasteiger charge is 2.36. The van der Waals surface area contributed by atoms with Crippen molar-refractivity contribution in [2.75, 3.05) is 61.1 Å². The number of carbonyl (C=O) groups is 3. The summed E-state index contributed by atoms with van der Waals surface area (Å²) in [5.41, 5.74) is 4.35. The van der Waals surface area contributed by atoms with Crippen molar-refractivity contribution in [1.29, 1.82) is 0 Å². The number of imide groups is 1. The van der Waals surface area contributed by atoms with Gasteiger partial charge in [-0.3, -0.25) is 19.3 Å². The number of hydrogen-bond acceptors (Lipinski definition) is 8. The summed E-state index contributed by atoms with van der Waals surface area (Å²) in [6.45, 7) is 8.87. The van der Waals surface area contributed by atoms with Crippen molar-refractivity contribution < 1.29 is 23.9 Å². The molecule has 2 aliphatic rings. The van der Waals surface area contributed by atoms with Crippen LogP contribution in [0.1, 0.15) is 25.0 Å². The minimum atomic E-state index is -0.505. The third kappa shape index (κ3) is 7.57. The maximum atomic E-state index is 13.3. The molecule has 0 atom stereocenters. The van der Waals surface area contributed by atoms with Crippen molar-refractivity contribution >= 4 is 52.0 Å². The number of carbonyl (C=O) groups excluding carboxylic acids is 3. The van der Waals surface area contributed by atoms with Crippen LogP contribution in [0.15, 0.2) is 77.7 Å². The Morgan fingerprint density at radius 1 is 1.00 bits per heavy atom. The van der Waals surface area contributed by atoms with E-state index in [9.17, 15) is 14.4 Å². The van der Waals surface area contributed by atoms with Crippen LogP contribution in [0.2, 0.25) is 0 Å². The third-order valence-corrected chi connectivity index (χ3v) is 8.26. The highest BCUT2D eigenvalue weighted by Crippen LogP contribution is 2.35. The molecule has 2 aliphatic heterocycles. The molecule has 5 rings (SSSR count). The fourth-order valence-corrected chi connectivity index (χ4v) is 5.82. The summed E-state index contributed by atoms with van der Waals surface area (Å²) in [7, 11) is 0. The van der Waals surface area contributed by atoms with Crippen LogP contribution >= 0.6 is 11.8 Å². The van der Waals surface area contributed by atoms with Crippen molar-refractivity contribution in [3.05, 3.63) is 88.8 Å². The largest absolute Gasteiger partial charge is 0.488 e. The van der Waals surface area contributed by atoms with Crippen LogP contribution in [0.3, 0.4) is 0 Å². The van der Waals surface area contributed by atoms with E-state index in [0.29, 0.717) is 36.8 Å². The van der Waals surface area contributed by atoms with Crippen molar-refractivity contribution in [3.63, 3.8) is 0 Å². The minimum absolute atomic E-state index is 0.243. The van der Waals surface area contributed by atoms with Crippen molar-refractivity contribution in [2.24, 2.45) is 0 Å². The molecule has 1 N–H and O–H groups in total. The summed E-state index contributed by atoms with van der Waals surface area (Å²) < 4.78 is 11.6. The fraction of sp³-hybridized carbons (Fsp3) is 0.303. The Bertz CT molecular complexity index is 1470. The van der Waals surface area contributed by atoms with E-state index in [2.05, 4.69) is 29.0 Å². The molecule has 0 unspecified atom stereocenters. The molecule has 224 valence electrons. The molecule has 2 heterocycles. The normalized spacial score (nSPS) is 16.1. The number of nitrogens with one attached hydrogen (secondary N) is 1. The van der Waals surface area contributed by atoms with Crippen LogP contribution in [-0.2, 0) is 20.9 Å². The van der Waals surface area contributed by atoms with Gasteiger partial charge in [-0.1, -0.05) is 30.3 Å². The molecule has 2 fully saturated rings. The minimum Gasteiger partial charge on any atom is -0.488 e. The van der Waals surface area contributed by atoms with Crippen LogP contribution in [0.25, 0.3) is 6.08 Å². The van der Waals surface area contributed by atoms with Crippen LogP contribution in [0.4, 0.5) is 21.9 Å². The van der Waals surface area contributed by atoms with E-state index in [-0.39, 0.29) is 11.4 Å². The monoisotopic (exact) mass is 600 g/mol. The van der Waals surface area contributed by atoms with Gasteiger partial charge >= 0.3 is 0 Å². The molecule has 9 nitrogen and oxygen atoms in total. The van der Waals surface area contributed by atoms with Gasteiger partial charge in [0, 0.05) is 54.9 Å². The molecular formula is C33H36N4O5S. The Morgan fingerprint density at radius 2 is 1.72 bits per heavy atom. The van der Waals surface area contributed by atoms with Crippen molar-refractivity contribution in [2.45, 2.75) is 20.5 Å². The molecule has 2 saturated heterocycles. The van der Waals surface area contributed by atoms with E-state index in [0.717, 1.165) is 59.8 Å². The van der Waals surface area contributed by atoms with Gasteiger partial charge in [0.15, 0.2) is 0 Å². The fourth-order valence-electron chi connectivity index (χ4n) is 4.99. The lowest BCUT2D eigenvalue weighted by molar-refractivity contribution is -0.127. The number of benzene rings is 3. The van der Waals surface area contributed by atoms with E-state index in [1.807, 2.05) is 72.8 Å². The molecule has 0 saturated carbocycles. The Hall–Kier alpha value is -4.28. The lowest BCUT2D eigenvalue weighted by Gasteiger charge is -2.28. The maximum Gasteiger partial charge on any atom is 0.294 e. The molecule has 0 spiro atoms. The van der Waals surface area contributed by atoms with E-state index >= 15 is 0 Å². The molecule has 0 aliphatic carbocycles. The summed E-state index contributed by atoms with van der Waals surface area (Å²) in [4.78, 5) is 44.5. The summed E-state index contributed by atoms with van der Waals surface area (Å²) >= 11 is 0.822. The summed E-state index contributed by atoms with van der Waals surface area (Å²) in [5.74, 6) is -0.342. The van der Waals surface area contributed by atoms with Gasteiger partial charge in [-0.05, 0) is 73.6 Å². The van der Waals surface area contributed by atoms with Crippen molar-refractivity contribution in [3.8, 4) is 5.75 Å². The zero-order valence-electron chi connectivity index (χ0n) is 24.5. The number of rotatable bonds is 11. The topological polar surface area (TPSA) is 91.4 Å². The molecular weight excluding hydrogens is 564 g/mol. The number of nitrogens with zero attached hydrogens (tertiary/aromatic N) is 3. The van der Waals surface area contributed by atoms with Gasteiger partial charge in [-0.15, -0.1) is 0 Å². The molecule has 0 aromatic heterocycles. The second-order valence-electron chi connectivity index (χ2n) is 10.1. The molecule has 10 heteroatoms. The van der Waals surface area contributed by atoms with E-state index in [1.165, 1.54) is 0 Å². The zero-order chi connectivity index (χ0) is 30.2. The SMILES string of the molecule is CCN(CC)c1ccc(/C=C2/SC(=O)N(CC(=O)Nc3ccc(N4CCOCC4)cc3)C2=O)c(OCc2ccccc2)c1. The molecule has 3 aromatic carbocycles. The Balaban J connectivity index is 1.27. The third-order valence-electron chi connectivity index (χ3n) is 7.35. The average Bonchev–Trinajstić information content (AvgIpc) is 3.30. The smallest absolute Gasteiger partial charge is 0.294 e. The number of ether oxygens (including phenoxy) is 2. The lowest BCUT2D eigenvalue weighted by atomic mass is 10.1. The summed E-state index contributed by atoms with van der Waals surface area (Å²) in [5, 5.41) is 2.31. The van der Waals surface area contributed by atoms with Crippen molar-refractivity contribution in [1.82, 2.24) is 4.90 Å². The first-order valence-corrected chi connectivity index (χ1v) is 15.3. The number of hydrogen-bond donors (Lipinski definition) is 1. The predicted octanol–water partition coefficient (Wildman–Crippen LogP) is 5.62. The molecule has 0 radical (unpaired) electrons. The second-order valence-corrected chi connectivity index (χ2v) is 11.1. The van der Waals surface area contributed by atoms with Crippen LogP contribution in [-0.4, -0.2) is 67.9 Å². The first-order chi connectivity index (χ1) is 20.9. The molecule has 43 heavy (non-hydrogen) atoms. The molecule has 3 amide bonds. The highest BCUT2D eigenvalue weighted by atomic mass is 32.2. The zero-order valence-corrected chi connectivity index (χ0v) is 25.3. The van der Waals surface area contributed by atoms with Gasteiger partial charge < -0.3 is 24.6 Å². The summed E-state index contributed by atoms with van der Waals surface area (Å²) in [6.07, 6.45) is 1.67. The Labute approximate surface area is 256 Å². The first kappa shape index (κ1) is 30.2. The molecule has 3 aromatic rings. The quantitative estimate of drug-likeness (QED) is 0.284. The van der Waals surface area contributed by atoms with Gasteiger partial charge in [0.05, 0.1) is 18.1 Å². The number of anilines is 3. The van der Waals surface area contributed by atoms with Crippen LogP contribution in [0, 0.1) is 0 Å². The van der Waals surface area contributed by atoms with Crippen LogP contribution in [0.5, 0.6) is 5.75 Å². The van der Waals surface area contributed by atoms with Gasteiger partial charge in [0.2, 0.25) is 5.91 Å².